The number of hydrogen-bond acceptors (Lipinski definition) is 2. The molecular formula is C11H19NO. The van der Waals surface area contributed by atoms with Crippen LogP contribution in [-0.2, 0) is 4.74 Å². The van der Waals surface area contributed by atoms with Gasteiger partial charge in [0, 0.05) is 6.61 Å². The standard InChI is InChI=1S/C11H19NO/c1-10(2)4-3-5-11(8-12)6-7-13-9-11/h10H,3-7,9H2,1-2H3. The van der Waals surface area contributed by atoms with Gasteiger partial charge in [0.15, 0.2) is 0 Å². The monoisotopic (exact) mass is 181 g/mol. The zero-order valence-electron chi connectivity index (χ0n) is 8.68. The second kappa shape index (κ2) is 4.62. The first-order chi connectivity index (χ1) is 6.18. The van der Waals surface area contributed by atoms with Crippen LogP contribution >= 0.6 is 0 Å². The molecule has 0 amide bonds. The van der Waals surface area contributed by atoms with E-state index in [9.17, 15) is 0 Å². The minimum Gasteiger partial charge on any atom is -0.380 e. The highest BCUT2D eigenvalue weighted by atomic mass is 16.5. The normalized spacial score (nSPS) is 27.8. The highest BCUT2D eigenvalue weighted by Crippen LogP contribution is 2.33. The van der Waals surface area contributed by atoms with Gasteiger partial charge in [-0.25, -0.2) is 0 Å². The maximum Gasteiger partial charge on any atom is 0.0828 e. The van der Waals surface area contributed by atoms with Crippen LogP contribution in [0.3, 0.4) is 0 Å². The highest BCUT2D eigenvalue weighted by molar-refractivity contribution is 5.01. The molecule has 0 spiro atoms. The van der Waals surface area contributed by atoms with Crippen molar-refractivity contribution >= 4 is 0 Å². The molecular weight excluding hydrogens is 162 g/mol. The Kier molecular flexibility index (Phi) is 3.74. The maximum atomic E-state index is 9.05. The molecule has 0 bridgehead atoms. The summed E-state index contributed by atoms with van der Waals surface area (Å²) >= 11 is 0. The van der Waals surface area contributed by atoms with Crippen molar-refractivity contribution in [1.29, 1.82) is 5.26 Å². The number of ether oxygens (including phenoxy) is 1. The van der Waals surface area contributed by atoms with E-state index in [1.165, 1.54) is 6.42 Å². The van der Waals surface area contributed by atoms with E-state index in [2.05, 4.69) is 19.9 Å². The molecule has 1 heterocycles. The van der Waals surface area contributed by atoms with E-state index in [0.29, 0.717) is 6.61 Å². The van der Waals surface area contributed by atoms with Crippen molar-refractivity contribution < 1.29 is 4.74 Å². The van der Waals surface area contributed by atoms with Crippen molar-refractivity contribution in [1.82, 2.24) is 0 Å². The van der Waals surface area contributed by atoms with E-state index < -0.39 is 0 Å². The lowest BCUT2D eigenvalue weighted by molar-refractivity contribution is 0.167. The molecule has 0 saturated carbocycles. The maximum absolute atomic E-state index is 9.05. The summed E-state index contributed by atoms with van der Waals surface area (Å²) in [6.45, 7) is 5.88. The Balaban J connectivity index is 2.29. The smallest absolute Gasteiger partial charge is 0.0828 e. The SMILES string of the molecule is CC(C)CCCC1(C#N)CCOC1. The van der Waals surface area contributed by atoms with Crippen molar-refractivity contribution in [2.45, 2.75) is 39.5 Å². The predicted molar refractivity (Wildman–Crippen MR) is 52.2 cm³/mol. The van der Waals surface area contributed by atoms with Crippen LogP contribution in [0.2, 0.25) is 0 Å². The van der Waals surface area contributed by atoms with Crippen molar-refractivity contribution in [3.05, 3.63) is 0 Å². The number of nitriles is 1. The first-order valence-corrected chi connectivity index (χ1v) is 5.17. The van der Waals surface area contributed by atoms with Gasteiger partial charge in [-0.2, -0.15) is 5.26 Å². The largest absolute Gasteiger partial charge is 0.380 e. The van der Waals surface area contributed by atoms with E-state index in [1.807, 2.05) is 0 Å². The molecule has 74 valence electrons. The Morgan fingerprint density at radius 2 is 2.31 bits per heavy atom. The highest BCUT2D eigenvalue weighted by Gasteiger charge is 2.34. The van der Waals surface area contributed by atoms with E-state index >= 15 is 0 Å². The minimum atomic E-state index is -0.144. The fourth-order valence-corrected chi connectivity index (χ4v) is 1.80. The van der Waals surface area contributed by atoms with Crippen molar-refractivity contribution in [2.75, 3.05) is 13.2 Å². The molecule has 0 radical (unpaired) electrons. The lowest BCUT2D eigenvalue weighted by atomic mass is 9.83. The van der Waals surface area contributed by atoms with Gasteiger partial charge in [0.1, 0.15) is 0 Å². The molecule has 0 aromatic heterocycles. The third-order valence-corrected chi connectivity index (χ3v) is 2.78. The molecule has 1 rings (SSSR count). The van der Waals surface area contributed by atoms with Crippen LogP contribution in [-0.4, -0.2) is 13.2 Å². The van der Waals surface area contributed by atoms with Crippen LogP contribution in [0.4, 0.5) is 0 Å². The van der Waals surface area contributed by atoms with Gasteiger partial charge < -0.3 is 4.74 Å². The lowest BCUT2D eigenvalue weighted by Gasteiger charge is -2.18. The number of hydrogen-bond donors (Lipinski definition) is 0. The zero-order chi connectivity index (χ0) is 9.73. The van der Waals surface area contributed by atoms with E-state index in [-0.39, 0.29) is 5.41 Å². The van der Waals surface area contributed by atoms with Gasteiger partial charge in [-0.15, -0.1) is 0 Å². The molecule has 1 saturated heterocycles. The summed E-state index contributed by atoms with van der Waals surface area (Å²) in [6, 6.07) is 2.43. The number of nitrogens with zero attached hydrogens (tertiary/aromatic N) is 1. The fraction of sp³-hybridized carbons (Fsp3) is 0.909. The summed E-state index contributed by atoms with van der Waals surface area (Å²) in [5.74, 6) is 0.748. The molecule has 2 heteroatoms. The molecule has 1 atom stereocenters. The molecule has 1 unspecified atom stereocenters. The first kappa shape index (κ1) is 10.5. The molecule has 2 nitrogen and oxygen atoms in total. The van der Waals surface area contributed by atoms with Gasteiger partial charge in [-0.1, -0.05) is 26.7 Å². The molecule has 0 aliphatic carbocycles. The quantitative estimate of drug-likeness (QED) is 0.668. The summed E-state index contributed by atoms with van der Waals surface area (Å²) in [5, 5.41) is 9.05. The Labute approximate surface area is 80.9 Å². The fourth-order valence-electron chi connectivity index (χ4n) is 1.80. The third-order valence-electron chi connectivity index (χ3n) is 2.78. The molecule has 1 aliphatic rings. The van der Waals surface area contributed by atoms with Crippen LogP contribution in [0, 0.1) is 22.7 Å². The Bertz CT molecular complexity index is 187. The molecule has 0 aromatic rings. The lowest BCUT2D eigenvalue weighted by Crippen LogP contribution is -2.18. The molecule has 13 heavy (non-hydrogen) atoms. The number of rotatable bonds is 4. The molecule has 1 aliphatic heterocycles. The van der Waals surface area contributed by atoms with Crippen LogP contribution < -0.4 is 0 Å². The summed E-state index contributed by atoms with van der Waals surface area (Å²) in [5.41, 5.74) is -0.144. The summed E-state index contributed by atoms with van der Waals surface area (Å²) in [4.78, 5) is 0. The third kappa shape index (κ3) is 3.00. The van der Waals surface area contributed by atoms with Crippen LogP contribution in [0.5, 0.6) is 0 Å². The second-order valence-corrected chi connectivity index (χ2v) is 4.48. The van der Waals surface area contributed by atoms with E-state index in [1.54, 1.807) is 0 Å². The van der Waals surface area contributed by atoms with Crippen LogP contribution in [0.15, 0.2) is 0 Å². The summed E-state index contributed by atoms with van der Waals surface area (Å²) in [7, 11) is 0. The van der Waals surface area contributed by atoms with Crippen LogP contribution in [0.1, 0.15) is 39.5 Å². The summed E-state index contributed by atoms with van der Waals surface area (Å²) < 4.78 is 5.29. The average molecular weight is 181 g/mol. The van der Waals surface area contributed by atoms with Gasteiger partial charge in [0.05, 0.1) is 18.1 Å². The molecule has 1 fully saturated rings. The van der Waals surface area contributed by atoms with Gasteiger partial charge in [0.25, 0.3) is 0 Å². The van der Waals surface area contributed by atoms with Gasteiger partial charge in [-0.05, 0) is 18.8 Å². The Morgan fingerprint density at radius 3 is 2.77 bits per heavy atom. The summed E-state index contributed by atoms with van der Waals surface area (Å²) in [6.07, 6.45) is 4.33. The molecule has 0 aromatic carbocycles. The Hall–Kier alpha value is -0.550. The second-order valence-electron chi connectivity index (χ2n) is 4.48. The van der Waals surface area contributed by atoms with E-state index in [0.717, 1.165) is 31.8 Å². The van der Waals surface area contributed by atoms with Crippen LogP contribution in [0.25, 0.3) is 0 Å². The Morgan fingerprint density at radius 1 is 1.54 bits per heavy atom. The van der Waals surface area contributed by atoms with Gasteiger partial charge in [0.2, 0.25) is 0 Å². The van der Waals surface area contributed by atoms with Gasteiger partial charge in [-0.3, -0.25) is 0 Å². The first-order valence-electron chi connectivity index (χ1n) is 5.17. The van der Waals surface area contributed by atoms with Crippen molar-refractivity contribution in [2.24, 2.45) is 11.3 Å². The predicted octanol–water partition coefficient (Wildman–Crippen LogP) is 2.74. The topological polar surface area (TPSA) is 33.0 Å². The van der Waals surface area contributed by atoms with Crippen molar-refractivity contribution in [3.63, 3.8) is 0 Å². The zero-order valence-corrected chi connectivity index (χ0v) is 8.68. The molecule has 0 N–H and O–H groups in total. The minimum absolute atomic E-state index is 0.144. The van der Waals surface area contributed by atoms with Gasteiger partial charge >= 0.3 is 0 Å². The van der Waals surface area contributed by atoms with E-state index in [4.69, 9.17) is 10.00 Å². The average Bonchev–Trinajstić information content (AvgIpc) is 2.53. The van der Waals surface area contributed by atoms with Crippen molar-refractivity contribution in [3.8, 4) is 6.07 Å².